The molecule has 2 N–H and O–H groups in total. The van der Waals surface area contributed by atoms with Gasteiger partial charge in [-0.05, 0) is 61.9 Å². The van der Waals surface area contributed by atoms with E-state index in [0.29, 0.717) is 30.7 Å². The van der Waals surface area contributed by atoms with Gasteiger partial charge in [-0.25, -0.2) is 0 Å². The average molecular weight is 452 g/mol. The van der Waals surface area contributed by atoms with Gasteiger partial charge < -0.3 is 14.9 Å². The number of unbranched alkanes of at least 4 members (excludes halogenated alkanes) is 2. The third-order valence-corrected chi connectivity index (χ3v) is 6.05. The Labute approximate surface area is 187 Å². The van der Waals surface area contributed by atoms with Crippen LogP contribution < -0.4 is 0 Å². The molecular formula is C25H32F3NO3. The number of hydrogen-bond acceptors (Lipinski definition) is 4. The lowest BCUT2D eigenvalue weighted by Gasteiger charge is -2.38. The van der Waals surface area contributed by atoms with Gasteiger partial charge in [0.2, 0.25) is 0 Å². The number of likely N-dealkylation sites (tertiary alicyclic amines) is 1. The molecule has 3 rings (SSSR count). The second-order valence-corrected chi connectivity index (χ2v) is 8.57. The second-order valence-electron chi connectivity index (χ2n) is 8.57. The molecule has 1 unspecified atom stereocenters. The van der Waals surface area contributed by atoms with Crippen LogP contribution in [0.2, 0.25) is 0 Å². The fourth-order valence-electron chi connectivity index (χ4n) is 4.18. The zero-order valence-corrected chi connectivity index (χ0v) is 18.4. The minimum atomic E-state index is -4.43. The maximum Gasteiger partial charge on any atom is 0.417 e. The smallest absolute Gasteiger partial charge is 0.390 e. The molecule has 0 radical (unpaired) electrons. The molecule has 7 heteroatoms. The van der Waals surface area contributed by atoms with Gasteiger partial charge >= 0.3 is 6.18 Å². The van der Waals surface area contributed by atoms with Gasteiger partial charge in [-0.3, -0.25) is 4.90 Å². The van der Waals surface area contributed by atoms with Gasteiger partial charge in [-0.1, -0.05) is 42.5 Å². The van der Waals surface area contributed by atoms with Crippen molar-refractivity contribution in [2.24, 2.45) is 0 Å². The van der Waals surface area contributed by atoms with Crippen molar-refractivity contribution < 1.29 is 28.1 Å². The number of β-amino-alcohol motifs (C(OH)–C–C–N with tert-alkyl or cyclic N) is 1. The van der Waals surface area contributed by atoms with Crippen molar-refractivity contribution in [2.45, 2.75) is 63.6 Å². The summed E-state index contributed by atoms with van der Waals surface area (Å²) in [7, 11) is 0. The number of ether oxygens (including phenoxy) is 1. The Bertz CT molecular complexity index is 844. The van der Waals surface area contributed by atoms with E-state index in [9.17, 15) is 23.4 Å². The fraction of sp³-hybridized carbons (Fsp3) is 0.520. The summed E-state index contributed by atoms with van der Waals surface area (Å²) in [6, 6.07) is 13.2. The van der Waals surface area contributed by atoms with Crippen molar-refractivity contribution in [1.82, 2.24) is 4.90 Å². The number of aliphatic hydroxyl groups is 2. The number of alkyl halides is 3. The molecule has 2 aromatic carbocycles. The van der Waals surface area contributed by atoms with Crippen molar-refractivity contribution in [1.29, 1.82) is 0 Å². The summed E-state index contributed by atoms with van der Waals surface area (Å²) >= 11 is 0. The van der Waals surface area contributed by atoms with Gasteiger partial charge in [0.15, 0.2) is 0 Å². The third kappa shape index (κ3) is 6.78. The zero-order valence-electron chi connectivity index (χ0n) is 18.4. The molecule has 3 atom stereocenters. The molecule has 0 spiro atoms. The lowest BCUT2D eigenvalue weighted by molar-refractivity contribution is -0.137. The van der Waals surface area contributed by atoms with Crippen molar-refractivity contribution >= 4 is 0 Å². The van der Waals surface area contributed by atoms with Gasteiger partial charge in [0, 0.05) is 19.2 Å². The quantitative estimate of drug-likeness (QED) is 0.534. The SMILES string of the molecule is C[C@H]1CC(O)[C@@H](O)CN1CCCCCOCc1ccc(-c2ccccc2)c(C(F)(F)F)c1. The number of rotatable bonds is 9. The van der Waals surface area contributed by atoms with E-state index in [1.165, 1.54) is 12.1 Å². The molecule has 0 aromatic heterocycles. The Morgan fingerprint density at radius 1 is 1.00 bits per heavy atom. The molecule has 32 heavy (non-hydrogen) atoms. The topological polar surface area (TPSA) is 52.9 Å². The van der Waals surface area contributed by atoms with Crippen molar-refractivity contribution in [3.05, 3.63) is 59.7 Å². The monoisotopic (exact) mass is 451 g/mol. The van der Waals surface area contributed by atoms with Gasteiger partial charge in [0.1, 0.15) is 0 Å². The highest BCUT2D eigenvalue weighted by Crippen LogP contribution is 2.37. The Kier molecular flexibility index (Phi) is 8.71. The predicted octanol–water partition coefficient (Wildman–Crippen LogP) is 4.88. The Morgan fingerprint density at radius 3 is 2.47 bits per heavy atom. The molecule has 0 saturated carbocycles. The van der Waals surface area contributed by atoms with Crippen LogP contribution in [0.5, 0.6) is 0 Å². The summed E-state index contributed by atoms with van der Waals surface area (Å²) in [6.07, 6.45) is -2.49. The maximum atomic E-state index is 13.6. The van der Waals surface area contributed by atoms with E-state index in [1.807, 2.05) is 0 Å². The molecule has 0 amide bonds. The Morgan fingerprint density at radius 2 is 1.75 bits per heavy atom. The summed E-state index contributed by atoms with van der Waals surface area (Å²) in [5, 5.41) is 19.5. The summed E-state index contributed by atoms with van der Waals surface area (Å²) in [5.74, 6) is 0. The second kappa shape index (κ2) is 11.3. The standard InChI is InChI=1S/C25H32F3NO3/c1-18-14-23(30)24(31)16-29(18)12-6-3-7-13-32-17-19-10-11-21(20-8-4-2-5-9-20)22(15-19)25(26,27)28/h2,4-5,8-11,15,18,23-24,30-31H,3,6-7,12-14,16-17H2,1H3/t18-,23?,24-/m0/s1. The summed E-state index contributed by atoms with van der Waals surface area (Å²) in [5.41, 5.74) is 0.572. The van der Waals surface area contributed by atoms with Crippen LogP contribution in [0.4, 0.5) is 13.2 Å². The molecule has 1 heterocycles. The first-order valence-electron chi connectivity index (χ1n) is 11.2. The van der Waals surface area contributed by atoms with Gasteiger partial charge in [0.05, 0.1) is 24.4 Å². The molecule has 1 saturated heterocycles. The largest absolute Gasteiger partial charge is 0.417 e. The number of nitrogens with zero attached hydrogens (tertiary/aromatic N) is 1. The van der Waals surface area contributed by atoms with Crippen LogP contribution in [-0.4, -0.2) is 53.1 Å². The van der Waals surface area contributed by atoms with Crippen LogP contribution in [0.1, 0.15) is 43.7 Å². The molecule has 0 bridgehead atoms. The molecule has 1 aliphatic heterocycles. The highest BCUT2D eigenvalue weighted by atomic mass is 19.4. The van der Waals surface area contributed by atoms with E-state index < -0.39 is 23.9 Å². The number of aliphatic hydroxyl groups excluding tert-OH is 2. The molecule has 176 valence electrons. The zero-order chi connectivity index (χ0) is 23.1. The molecule has 1 aliphatic rings. The summed E-state index contributed by atoms with van der Waals surface area (Å²) in [4.78, 5) is 2.19. The molecule has 4 nitrogen and oxygen atoms in total. The highest BCUT2D eigenvalue weighted by molar-refractivity contribution is 5.68. The molecule has 0 aliphatic carbocycles. The summed E-state index contributed by atoms with van der Waals surface area (Å²) < 4.78 is 46.4. The van der Waals surface area contributed by atoms with Crippen LogP contribution in [0, 0.1) is 0 Å². The summed E-state index contributed by atoms with van der Waals surface area (Å²) in [6.45, 7) is 4.01. The Balaban J connectivity index is 1.43. The van der Waals surface area contributed by atoms with Crippen LogP contribution in [0.3, 0.4) is 0 Å². The Hall–Kier alpha value is -1.93. The number of halogens is 3. The maximum absolute atomic E-state index is 13.6. The first kappa shape index (κ1) is 24.7. The first-order chi connectivity index (χ1) is 15.3. The highest BCUT2D eigenvalue weighted by Gasteiger charge is 2.34. The normalized spacial score (nSPS) is 22.2. The first-order valence-corrected chi connectivity index (χ1v) is 11.2. The van der Waals surface area contributed by atoms with E-state index in [1.54, 1.807) is 36.4 Å². The molecular weight excluding hydrogens is 419 g/mol. The van der Waals surface area contributed by atoms with Crippen molar-refractivity contribution in [3.8, 4) is 11.1 Å². The third-order valence-electron chi connectivity index (χ3n) is 6.05. The van der Waals surface area contributed by atoms with Crippen LogP contribution in [0.15, 0.2) is 48.5 Å². The molecule has 1 fully saturated rings. The van der Waals surface area contributed by atoms with E-state index in [-0.39, 0.29) is 18.2 Å². The van der Waals surface area contributed by atoms with Crippen LogP contribution in [0.25, 0.3) is 11.1 Å². The van der Waals surface area contributed by atoms with E-state index in [2.05, 4.69) is 11.8 Å². The minimum Gasteiger partial charge on any atom is -0.390 e. The average Bonchev–Trinajstić information content (AvgIpc) is 2.76. The van der Waals surface area contributed by atoms with Gasteiger partial charge in [-0.15, -0.1) is 0 Å². The predicted molar refractivity (Wildman–Crippen MR) is 118 cm³/mol. The van der Waals surface area contributed by atoms with Crippen LogP contribution >= 0.6 is 0 Å². The molecule has 2 aromatic rings. The fourth-order valence-corrected chi connectivity index (χ4v) is 4.18. The van der Waals surface area contributed by atoms with Crippen molar-refractivity contribution in [2.75, 3.05) is 19.7 Å². The minimum absolute atomic E-state index is 0.144. The number of piperidine rings is 1. The van der Waals surface area contributed by atoms with Gasteiger partial charge in [-0.2, -0.15) is 13.2 Å². The van der Waals surface area contributed by atoms with Gasteiger partial charge in [0.25, 0.3) is 0 Å². The van der Waals surface area contributed by atoms with E-state index >= 15 is 0 Å². The lowest BCUT2D eigenvalue weighted by atomic mass is 9.97. The number of hydrogen-bond donors (Lipinski definition) is 2. The number of benzene rings is 2. The van der Waals surface area contributed by atoms with Crippen LogP contribution in [-0.2, 0) is 17.5 Å². The van der Waals surface area contributed by atoms with Crippen molar-refractivity contribution in [3.63, 3.8) is 0 Å². The van der Waals surface area contributed by atoms with E-state index in [0.717, 1.165) is 25.8 Å². The lowest BCUT2D eigenvalue weighted by Crippen LogP contribution is -2.51. The van der Waals surface area contributed by atoms with E-state index in [4.69, 9.17) is 4.74 Å².